The van der Waals surface area contributed by atoms with Crippen molar-refractivity contribution in [2.45, 2.75) is 31.7 Å². The molecule has 0 bridgehead atoms. The number of methoxy groups -OCH3 is 2. The molecule has 4 amide bonds. The van der Waals surface area contributed by atoms with Gasteiger partial charge in [-0.3, -0.25) is 14.5 Å². The summed E-state index contributed by atoms with van der Waals surface area (Å²) < 4.78 is 10.5. The molecule has 1 saturated heterocycles. The number of para-hydroxylation sites is 1. The van der Waals surface area contributed by atoms with Crippen LogP contribution in [0.5, 0.6) is 11.5 Å². The topological polar surface area (TPSA) is 113 Å². The lowest BCUT2D eigenvalue weighted by molar-refractivity contribution is -0.127. The molecule has 2 heterocycles. The molecule has 0 spiro atoms. The first-order chi connectivity index (χ1) is 17.0. The SMILES string of the molecule is COc1ccc(CCNC(=O)CCC2NC(=O)N(CCc3c[nH]c4ccccc34)C2=O)cc1OC. The summed E-state index contributed by atoms with van der Waals surface area (Å²) in [7, 11) is 3.16. The minimum Gasteiger partial charge on any atom is -0.493 e. The molecule has 0 aliphatic carbocycles. The number of fused-ring (bicyclic) bond motifs is 1. The van der Waals surface area contributed by atoms with E-state index in [2.05, 4.69) is 15.6 Å². The van der Waals surface area contributed by atoms with Crippen molar-refractivity contribution in [2.75, 3.05) is 27.3 Å². The number of nitrogens with zero attached hydrogens (tertiary/aromatic N) is 1. The molecule has 4 rings (SSSR count). The monoisotopic (exact) mass is 478 g/mol. The summed E-state index contributed by atoms with van der Waals surface area (Å²) in [5.74, 6) is 0.845. The van der Waals surface area contributed by atoms with Crippen LogP contribution in [-0.2, 0) is 22.4 Å². The summed E-state index contributed by atoms with van der Waals surface area (Å²) in [6.07, 6.45) is 3.52. The van der Waals surface area contributed by atoms with Gasteiger partial charge in [-0.1, -0.05) is 24.3 Å². The van der Waals surface area contributed by atoms with Crippen molar-refractivity contribution < 1.29 is 23.9 Å². The molecule has 1 fully saturated rings. The number of aromatic amines is 1. The van der Waals surface area contributed by atoms with Crippen LogP contribution >= 0.6 is 0 Å². The Balaban J connectivity index is 1.21. The lowest BCUT2D eigenvalue weighted by Crippen LogP contribution is -2.34. The predicted molar refractivity (Wildman–Crippen MR) is 132 cm³/mol. The normalized spacial score (nSPS) is 15.4. The molecule has 9 nitrogen and oxygen atoms in total. The summed E-state index contributed by atoms with van der Waals surface area (Å²) in [5, 5.41) is 6.66. The molecule has 0 radical (unpaired) electrons. The van der Waals surface area contributed by atoms with Crippen LogP contribution in [0.25, 0.3) is 10.9 Å². The maximum absolute atomic E-state index is 12.7. The number of urea groups is 1. The van der Waals surface area contributed by atoms with Crippen molar-refractivity contribution in [3.63, 3.8) is 0 Å². The van der Waals surface area contributed by atoms with E-state index >= 15 is 0 Å². The maximum Gasteiger partial charge on any atom is 0.324 e. The van der Waals surface area contributed by atoms with Crippen molar-refractivity contribution in [1.82, 2.24) is 20.5 Å². The first-order valence-electron chi connectivity index (χ1n) is 11.6. The minimum atomic E-state index is -0.679. The third-order valence-electron chi connectivity index (χ3n) is 6.23. The Bertz CT molecular complexity index is 1220. The molecule has 184 valence electrons. The number of hydrogen-bond acceptors (Lipinski definition) is 5. The van der Waals surface area contributed by atoms with Crippen LogP contribution in [0.2, 0.25) is 0 Å². The van der Waals surface area contributed by atoms with E-state index in [1.165, 1.54) is 4.90 Å². The summed E-state index contributed by atoms with van der Waals surface area (Å²) in [4.78, 5) is 41.8. The number of carbonyl (C=O) groups excluding carboxylic acids is 3. The predicted octanol–water partition coefficient (Wildman–Crippen LogP) is 2.79. The highest BCUT2D eigenvalue weighted by Crippen LogP contribution is 2.27. The maximum atomic E-state index is 12.7. The van der Waals surface area contributed by atoms with E-state index in [1.807, 2.05) is 48.7 Å². The molecule has 1 aromatic heterocycles. The van der Waals surface area contributed by atoms with Gasteiger partial charge in [-0.05, 0) is 48.6 Å². The molecule has 3 aromatic rings. The fourth-order valence-electron chi connectivity index (χ4n) is 4.30. The van der Waals surface area contributed by atoms with E-state index in [-0.39, 0.29) is 24.7 Å². The van der Waals surface area contributed by atoms with Gasteiger partial charge in [0.25, 0.3) is 5.91 Å². The Morgan fingerprint density at radius 2 is 1.86 bits per heavy atom. The highest BCUT2D eigenvalue weighted by molar-refractivity contribution is 6.04. The smallest absolute Gasteiger partial charge is 0.324 e. The Hall–Kier alpha value is -4.01. The van der Waals surface area contributed by atoms with Gasteiger partial charge in [0.05, 0.1) is 14.2 Å². The number of carbonyl (C=O) groups is 3. The van der Waals surface area contributed by atoms with Gasteiger partial charge in [-0.25, -0.2) is 4.79 Å². The van der Waals surface area contributed by atoms with Gasteiger partial charge in [-0.2, -0.15) is 0 Å². The van der Waals surface area contributed by atoms with Gasteiger partial charge < -0.3 is 25.1 Å². The number of ether oxygens (including phenoxy) is 2. The molecule has 9 heteroatoms. The van der Waals surface area contributed by atoms with Crippen molar-refractivity contribution in [2.24, 2.45) is 0 Å². The number of aromatic nitrogens is 1. The second kappa shape index (κ2) is 10.9. The first kappa shape index (κ1) is 24.1. The van der Waals surface area contributed by atoms with Crippen LogP contribution < -0.4 is 20.1 Å². The Kier molecular flexibility index (Phi) is 7.54. The van der Waals surface area contributed by atoms with Gasteiger partial charge >= 0.3 is 6.03 Å². The van der Waals surface area contributed by atoms with Crippen molar-refractivity contribution in [3.8, 4) is 11.5 Å². The summed E-state index contributed by atoms with van der Waals surface area (Å²) in [6, 6.07) is 12.5. The number of amides is 4. The molecular formula is C26H30N4O5. The van der Waals surface area contributed by atoms with Crippen LogP contribution in [0.3, 0.4) is 0 Å². The number of hydrogen-bond donors (Lipinski definition) is 3. The Morgan fingerprint density at radius 1 is 1.06 bits per heavy atom. The summed E-state index contributed by atoms with van der Waals surface area (Å²) >= 11 is 0. The van der Waals surface area contributed by atoms with E-state index in [0.29, 0.717) is 37.4 Å². The second-order valence-corrected chi connectivity index (χ2v) is 8.43. The summed E-state index contributed by atoms with van der Waals surface area (Å²) in [5.41, 5.74) is 3.08. The average molecular weight is 479 g/mol. The average Bonchev–Trinajstić information content (AvgIpc) is 3.41. The lowest BCUT2D eigenvalue weighted by atomic mass is 10.1. The van der Waals surface area contributed by atoms with Gasteiger partial charge in [-0.15, -0.1) is 0 Å². The largest absolute Gasteiger partial charge is 0.493 e. The van der Waals surface area contributed by atoms with Gasteiger partial charge in [0.1, 0.15) is 6.04 Å². The first-order valence-corrected chi connectivity index (χ1v) is 11.6. The fourth-order valence-corrected chi connectivity index (χ4v) is 4.30. The number of benzene rings is 2. The molecule has 1 unspecified atom stereocenters. The van der Waals surface area contributed by atoms with Crippen LogP contribution in [0.1, 0.15) is 24.0 Å². The summed E-state index contributed by atoms with van der Waals surface area (Å²) in [6.45, 7) is 0.747. The van der Waals surface area contributed by atoms with E-state index in [4.69, 9.17) is 9.47 Å². The van der Waals surface area contributed by atoms with Crippen LogP contribution in [0, 0.1) is 0 Å². The fraction of sp³-hybridized carbons (Fsp3) is 0.346. The van der Waals surface area contributed by atoms with Crippen molar-refractivity contribution >= 4 is 28.7 Å². The van der Waals surface area contributed by atoms with Gasteiger partial charge in [0.15, 0.2) is 11.5 Å². The Morgan fingerprint density at radius 3 is 2.66 bits per heavy atom. The highest BCUT2D eigenvalue weighted by Gasteiger charge is 2.37. The third-order valence-corrected chi connectivity index (χ3v) is 6.23. The van der Waals surface area contributed by atoms with Crippen LogP contribution in [-0.4, -0.2) is 61.1 Å². The van der Waals surface area contributed by atoms with Crippen molar-refractivity contribution in [1.29, 1.82) is 0 Å². The van der Waals surface area contributed by atoms with Gasteiger partial charge in [0, 0.05) is 36.6 Å². The zero-order chi connectivity index (χ0) is 24.8. The molecule has 1 atom stereocenters. The molecular weight excluding hydrogens is 448 g/mol. The third kappa shape index (κ3) is 5.56. The standard InChI is InChI=1S/C26H30N4O5/c1-34-22-9-7-17(15-23(22)35-2)11-13-27-24(31)10-8-21-25(32)30(26(33)29-21)14-12-18-16-28-20-6-4-3-5-19(18)20/h3-7,9,15-16,21,28H,8,10-14H2,1-2H3,(H,27,31)(H,29,33). The van der Waals surface area contributed by atoms with E-state index < -0.39 is 12.1 Å². The molecule has 1 aliphatic heterocycles. The van der Waals surface area contributed by atoms with Crippen LogP contribution in [0.4, 0.5) is 4.79 Å². The van der Waals surface area contributed by atoms with Gasteiger partial charge in [0.2, 0.25) is 5.91 Å². The number of H-pyrrole nitrogens is 1. The Labute approximate surface area is 203 Å². The number of nitrogens with one attached hydrogen (secondary N) is 3. The molecule has 0 saturated carbocycles. The zero-order valence-corrected chi connectivity index (χ0v) is 19.9. The van der Waals surface area contributed by atoms with E-state index in [0.717, 1.165) is 22.0 Å². The number of imide groups is 1. The molecule has 1 aliphatic rings. The molecule has 35 heavy (non-hydrogen) atoms. The highest BCUT2D eigenvalue weighted by atomic mass is 16.5. The molecule has 3 N–H and O–H groups in total. The van der Waals surface area contributed by atoms with Crippen molar-refractivity contribution in [3.05, 3.63) is 59.8 Å². The zero-order valence-electron chi connectivity index (χ0n) is 19.9. The molecule has 2 aromatic carbocycles. The second-order valence-electron chi connectivity index (χ2n) is 8.43. The van der Waals surface area contributed by atoms with E-state index in [1.54, 1.807) is 14.2 Å². The lowest BCUT2D eigenvalue weighted by Gasteiger charge is -2.13. The van der Waals surface area contributed by atoms with Crippen LogP contribution in [0.15, 0.2) is 48.7 Å². The quantitative estimate of drug-likeness (QED) is 0.367. The minimum absolute atomic E-state index is 0.152. The van der Waals surface area contributed by atoms with E-state index in [9.17, 15) is 14.4 Å². The number of rotatable bonds is 11.